The SMILES string of the molecule is CC(=O)[O-].CC(C)C(=O)[O-].[Au+2]. The second kappa shape index (κ2) is 9.68. The first kappa shape index (κ1) is 17.0. The Morgan fingerprint density at radius 2 is 1.27 bits per heavy atom. The van der Waals surface area contributed by atoms with Crippen molar-refractivity contribution in [3.63, 3.8) is 0 Å². The predicted octanol–water partition coefficient (Wildman–Crippen LogP) is -1.85. The van der Waals surface area contributed by atoms with Crippen molar-refractivity contribution in [1.82, 2.24) is 0 Å². The van der Waals surface area contributed by atoms with Gasteiger partial charge in [0, 0.05) is 11.9 Å². The van der Waals surface area contributed by atoms with Gasteiger partial charge in [-0.15, -0.1) is 0 Å². The van der Waals surface area contributed by atoms with Crippen molar-refractivity contribution in [3.05, 3.63) is 0 Å². The number of aliphatic carboxylic acids is 2. The van der Waals surface area contributed by atoms with Crippen LogP contribution < -0.4 is 10.2 Å². The van der Waals surface area contributed by atoms with Crippen LogP contribution in [0.1, 0.15) is 20.8 Å². The van der Waals surface area contributed by atoms with E-state index in [9.17, 15) is 9.90 Å². The van der Waals surface area contributed by atoms with Crippen LogP contribution in [0.5, 0.6) is 0 Å². The minimum atomic E-state index is -1.08. The summed E-state index contributed by atoms with van der Waals surface area (Å²) in [5, 5.41) is 18.5. The van der Waals surface area contributed by atoms with Gasteiger partial charge < -0.3 is 19.8 Å². The fourth-order valence-corrected chi connectivity index (χ4v) is 0. The van der Waals surface area contributed by atoms with Crippen molar-refractivity contribution >= 4 is 11.9 Å². The van der Waals surface area contributed by atoms with Crippen LogP contribution in [0.2, 0.25) is 0 Å². The van der Waals surface area contributed by atoms with Crippen molar-refractivity contribution < 1.29 is 42.2 Å². The number of carboxylic acids is 2. The maximum absolute atomic E-state index is 9.59. The molecule has 69 valence electrons. The van der Waals surface area contributed by atoms with Crippen molar-refractivity contribution in [2.24, 2.45) is 5.92 Å². The van der Waals surface area contributed by atoms with Crippen molar-refractivity contribution in [1.29, 1.82) is 0 Å². The predicted molar refractivity (Wildman–Crippen MR) is 30.5 cm³/mol. The van der Waals surface area contributed by atoms with Crippen LogP contribution in [0.25, 0.3) is 0 Å². The molecule has 4 nitrogen and oxygen atoms in total. The van der Waals surface area contributed by atoms with Crippen molar-refractivity contribution in [3.8, 4) is 0 Å². The van der Waals surface area contributed by atoms with Gasteiger partial charge in [0.2, 0.25) is 0 Å². The summed E-state index contributed by atoms with van der Waals surface area (Å²) in [4.78, 5) is 18.5. The third kappa shape index (κ3) is 42.2. The van der Waals surface area contributed by atoms with Gasteiger partial charge in [-0.25, -0.2) is 0 Å². The summed E-state index contributed by atoms with van der Waals surface area (Å²) in [6, 6.07) is 0. The topological polar surface area (TPSA) is 80.3 Å². The molecule has 11 heavy (non-hydrogen) atoms. The Labute approximate surface area is 81.1 Å². The van der Waals surface area contributed by atoms with Crippen LogP contribution in [0.3, 0.4) is 0 Å². The van der Waals surface area contributed by atoms with E-state index in [-0.39, 0.29) is 28.3 Å². The molecule has 0 atom stereocenters. The molecule has 0 aromatic heterocycles. The third-order valence-electron chi connectivity index (χ3n) is 0.471. The van der Waals surface area contributed by atoms with Gasteiger partial charge in [-0.05, 0) is 12.8 Å². The number of hydrogen-bond donors (Lipinski definition) is 0. The average molecular weight is 343 g/mol. The Morgan fingerprint density at radius 1 is 1.18 bits per heavy atom. The van der Waals surface area contributed by atoms with Crippen molar-refractivity contribution in [2.75, 3.05) is 0 Å². The first-order valence-electron chi connectivity index (χ1n) is 2.76. The van der Waals surface area contributed by atoms with Gasteiger partial charge in [-0.3, -0.25) is 0 Å². The van der Waals surface area contributed by atoms with Gasteiger partial charge in [0.25, 0.3) is 0 Å². The standard InChI is InChI=1S/C4H8O2.C2H4O2.Au/c1-3(2)4(5)6;1-2(3)4;/h3H,1-2H3,(H,5,6);1H3,(H,3,4);/q;;+2/p-2. The molecule has 0 bridgehead atoms. The fraction of sp³-hybridized carbons (Fsp3) is 0.667. The Hall–Kier alpha value is -0.320. The zero-order chi connectivity index (χ0) is 8.73. The number of hydrogen-bond acceptors (Lipinski definition) is 4. The van der Waals surface area contributed by atoms with Crippen LogP contribution in [0.4, 0.5) is 0 Å². The van der Waals surface area contributed by atoms with E-state index >= 15 is 0 Å². The Kier molecular flexibility index (Phi) is 14.9. The molecule has 0 aliphatic rings. The largest absolute Gasteiger partial charge is 2.00 e. The van der Waals surface area contributed by atoms with E-state index in [4.69, 9.17) is 9.90 Å². The molecule has 0 heterocycles. The number of rotatable bonds is 1. The van der Waals surface area contributed by atoms with E-state index in [1.807, 2.05) is 0 Å². The van der Waals surface area contributed by atoms with Gasteiger partial charge >= 0.3 is 22.4 Å². The molecule has 0 aliphatic heterocycles. The molecule has 0 unspecified atom stereocenters. The normalized spacial score (nSPS) is 7.27. The fourth-order valence-electron chi connectivity index (χ4n) is 0. The van der Waals surface area contributed by atoms with E-state index in [1.165, 1.54) is 0 Å². The minimum absolute atomic E-state index is 0. The van der Waals surface area contributed by atoms with Gasteiger partial charge in [0.1, 0.15) is 0 Å². The van der Waals surface area contributed by atoms with Crippen LogP contribution in [0, 0.1) is 5.92 Å². The Balaban J connectivity index is -0.000000114. The summed E-state index contributed by atoms with van der Waals surface area (Å²) < 4.78 is 0. The quantitative estimate of drug-likeness (QED) is 0.524. The van der Waals surface area contributed by atoms with E-state index in [1.54, 1.807) is 13.8 Å². The maximum Gasteiger partial charge on any atom is 2.00 e. The second-order valence-electron chi connectivity index (χ2n) is 1.97. The summed E-state index contributed by atoms with van der Waals surface area (Å²) in [7, 11) is 0. The molecular formula is C6H10AuO4. The smallest absolute Gasteiger partial charge is 0.550 e. The molecule has 0 amide bonds. The van der Waals surface area contributed by atoms with Crippen LogP contribution in [0.15, 0.2) is 0 Å². The van der Waals surface area contributed by atoms with Crippen LogP contribution in [-0.4, -0.2) is 11.9 Å². The number of carboxylic acid groups (broad SMARTS) is 2. The molecule has 0 saturated carbocycles. The molecule has 0 N–H and O–H groups in total. The van der Waals surface area contributed by atoms with Crippen LogP contribution in [-0.2, 0) is 32.0 Å². The van der Waals surface area contributed by atoms with Gasteiger partial charge in [0.15, 0.2) is 0 Å². The Bertz CT molecular complexity index is 118. The molecule has 0 spiro atoms. The monoisotopic (exact) mass is 343 g/mol. The molecule has 1 radical (unpaired) electrons. The minimum Gasteiger partial charge on any atom is -0.550 e. The molecule has 0 aromatic rings. The van der Waals surface area contributed by atoms with Gasteiger partial charge in [0.05, 0.1) is 0 Å². The molecule has 0 saturated heterocycles. The summed E-state index contributed by atoms with van der Waals surface area (Å²) in [6.45, 7) is 4.13. The van der Waals surface area contributed by atoms with E-state index in [2.05, 4.69) is 0 Å². The molecule has 0 fully saturated rings. The van der Waals surface area contributed by atoms with E-state index in [0.29, 0.717) is 0 Å². The van der Waals surface area contributed by atoms with E-state index in [0.717, 1.165) is 6.92 Å². The Morgan fingerprint density at radius 3 is 1.27 bits per heavy atom. The molecule has 5 heteroatoms. The molecule has 0 rings (SSSR count). The molecule has 0 aromatic carbocycles. The number of carbonyl (C=O) groups excluding carboxylic acids is 2. The third-order valence-corrected chi connectivity index (χ3v) is 0.471. The first-order valence-corrected chi connectivity index (χ1v) is 2.76. The first-order chi connectivity index (χ1) is 4.37. The van der Waals surface area contributed by atoms with Gasteiger partial charge in [-0.1, -0.05) is 13.8 Å². The van der Waals surface area contributed by atoms with Crippen molar-refractivity contribution in [2.45, 2.75) is 20.8 Å². The average Bonchev–Trinajstić information content (AvgIpc) is 1.63. The zero-order valence-electron chi connectivity index (χ0n) is 6.51. The molecule has 0 aliphatic carbocycles. The van der Waals surface area contributed by atoms with Crippen LogP contribution >= 0.6 is 0 Å². The van der Waals surface area contributed by atoms with Gasteiger partial charge in [-0.2, -0.15) is 0 Å². The number of carbonyl (C=O) groups is 2. The maximum atomic E-state index is 9.59. The summed E-state index contributed by atoms with van der Waals surface area (Å²) in [5.41, 5.74) is 0. The second-order valence-corrected chi connectivity index (χ2v) is 1.97. The van der Waals surface area contributed by atoms with E-state index < -0.39 is 11.9 Å². The summed E-state index contributed by atoms with van der Waals surface area (Å²) >= 11 is 0. The molecular weight excluding hydrogens is 333 g/mol. The zero-order valence-corrected chi connectivity index (χ0v) is 8.68. The summed E-state index contributed by atoms with van der Waals surface area (Å²) in [6.07, 6.45) is 0. The summed E-state index contributed by atoms with van der Waals surface area (Å²) in [5.74, 6) is -2.42.